The van der Waals surface area contributed by atoms with Crippen LogP contribution < -0.4 is 11.5 Å². The van der Waals surface area contributed by atoms with Crippen LogP contribution in [0.4, 0.5) is 0 Å². The van der Waals surface area contributed by atoms with Crippen molar-refractivity contribution in [3.8, 4) is 0 Å². The Kier molecular flexibility index (Phi) is 8.88. The summed E-state index contributed by atoms with van der Waals surface area (Å²) in [5, 5.41) is 0. The smallest absolute Gasteiger partial charge is 0.0249 e. The molecule has 4 nitrogen and oxygen atoms in total. The molecule has 0 spiro atoms. The Morgan fingerprint density at radius 1 is 0.700 bits per heavy atom. The van der Waals surface area contributed by atoms with E-state index in [4.69, 9.17) is 11.5 Å². The van der Waals surface area contributed by atoms with E-state index in [0.29, 0.717) is 12.1 Å². The van der Waals surface area contributed by atoms with E-state index in [9.17, 15) is 0 Å². The van der Waals surface area contributed by atoms with Gasteiger partial charge >= 0.3 is 0 Å². The van der Waals surface area contributed by atoms with Crippen LogP contribution in [0.5, 0.6) is 0 Å². The second-order valence-electron chi connectivity index (χ2n) is 9.20. The predicted molar refractivity (Wildman–Crippen MR) is 128 cm³/mol. The van der Waals surface area contributed by atoms with Crippen molar-refractivity contribution >= 4 is 0 Å². The molecule has 0 radical (unpaired) electrons. The third-order valence-electron chi connectivity index (χ3n) is 6.55. The van der Waals surface area contributed by atoms with Crippen LogP contribution in [0.2, 0.25) is 0 Å². The lowest BCUT2D eigenvalue weighted by molar-refractivity contribution is 0.0709. The molecule has 164 valence electrons. The summed E-state index contributed by atoms with van der Waals surface area (Å²) in [5.74, 6) is 0. The van der Waals surface area contributed by atoms with Crippen molar-refractivity contribution in [2.45, 2.75) is 62.7 Å². The molecule has 2 aromatic rings. The molecule has 1 aliphatic carbocycles. The standard InChI is InChI=1S/C26H40N4/c1-29(19-23(27)17-21-11-5-3-6-12-21)25-15-9-10-16-26(25)30(2)20-24(28)18-22-13-7-4-8-14-22/h3-8,11-14,23-26H,9-10,15-20,27-28H2,1-2H3/t23-,24-,25+,26+/m0/s1. The van der Waals surface area contributed by atoms with Crippen molar-refractivity contribution in [1.82, 2.24) is 9.80 Å². The van der Waals surface area contributed by atoms with Crippen LogP contribution >= 0.6 is 0 Å². The van der Waals surface area contributed by atoms with E-state index in [1.54, 1.807) is 0 Å². The van der Waals surface area contributed by atoms with Crippen LogP contribution in [0.25, 0.3) is 0 Å². The van der Waals surface area contributed by atoms with Gasteiger partial charge in [0, 0.05) is 37.3 Å². The third-order valence-corrected chi connectivity index (χ3v) is 6.55. The maximum atomic E-state index is 6.53. The lowest BCUT2D eigenvalue weighted by Gasteiger charge is -2.44. The highest BCUT2D eigenvalue weighted by molar-refractivity contribution is 5.16. The Labute approximate surface area is 183 Å². The average molecular weight is 409 g/mol. The quantitative estimate of drug-likeness (QED) is 0.633. The molecule has 0 saturated heterocycles. The maximum Gasteiger partial charge on any atom is 0.0249 e. The van der Waals surface area contributed by atoms with Gasteiger partial charge in [-0.2, -0.15) is 0 Å². The molecule has 0 unspecified atom stereocenters. The topological polar surface area (TPSA) is 58.5 Å². The fraction of sp³-hybridized carbons (Fsp3) is 0.538. The molecule has 0 amide bonds. The molecule has 0 bridgehead atoms. The molecule has 0 heterocycles. The minimum Gasteiger partial charge on any atom is -0.326 e. The van der Waals surface area contributed by atoms with Gasteiger partial charge in [-0.05, 0) is 50.9 Å². The SMILES string of the molecule is CN(C[C@@H](N)Cc1ccccc1)[C@@H]1CCCC[C@H]1N(C)C[C@@H](N)Cc1ccccc1. The van der Waals surface area contributed by atoms with Gasteiger partial charge in [-0.1, -0.05) is 73.5 Å². The van der Waals surface area contributed by atoms with Crippen LogP contribution in [0.1, 0.15) is 36.8 Å². The number of benzene rings is 2. The predicted octanol–water partition coefficient (Wildman–Crippen LogP) is 3.30. The fourth-order valence-electron chi connectivity index (χ4n) is 5.09. The first kappa shape index (κ1) is 23.0. The van der Waals surface area contributed by atoms with Gasteiger partial charge in [-0.3, -0.25) is 0 Å². The first-order chi connectivity index (χ1) is 14.5. The molecule has 4 N–H and O–H groups in total. The van der Waals surface area contributed by atoms with Crippen molar-refractivity contribution in [2.75, 3.05) is 27.2 Å². The van der Waals surface area contributed by atoms with E-state index in [2.05, 4.69) is 84.6 Å². The molecule has 0 aliphatic heterocycles. The normalized spacial score (nSPS) is 21.7. The van der Waals surface area contributed by atoms with Gasteiger partial charge in [0.25, 0.3) is 0 Å². The summed E-state index contributed by atoms with van der Waals surface area (Å²) in [4.78, 5) is 5.02. The number of nitrogens with zero attached hydrogens (tertiary/aromatic N) is 2. The zero-order chi connectivity index (χ0) is 21.3. The molecule has 1 saturated carbocycles. The Morgan fingerprint density at radius 2 is 1.07 bits per heavy atom. The van der Waals surface area contributed by atoms with Crippen LogP contribution in [-0.4, -0.2) is 61.2 Å². The average Bonchev–Trinajstić information content (AvgIpc) is 2.75. The summed E-state index contributed by atoms with van der Waals surface area (Å²) in [6.45, 7) is 1.86. The minimum atomic E-state index is 0.158. The molecule has 1 aliphatic rings. The minimum absolute atomic E-state index is 0.158. The van der Waals surface area contributed by atoms with E-state index >= 15 is 0 Å². The Balaban J connectivity index is 1.53. The van der Waals surface area contributed by atoms with Crippen LogP contribution in [0.3, 0.4) is 0 Å². The van der Waals surface area contributed by atoms with Crippen LogP contribution in [0.15, 0.2) is 60.7 Å². The molecule has 30 heavy (non-hydrogen) atoms. The highest BCUT2D eigenvalue weighted by Gasteiger charge is 2.32. The molecule has 4 heteroatoms. The number of nitrogens with two attached hydrogens (primary N) is 2. The number of hydrogen-bond donors (Lipinski definition) is 2. The third kappa shape index (κ3) is 6.92. The van der Waals surface area contributed by atoms with Crippen molar-refractivity contribution < 1.29 is 0 Å². The summed E-state index contributed by atoms with van der Waals surface area (Å²) in [5.41, 5.74) is 15.7. The second kappa shape index (κ2) is 11.6. The fourth-order valence-corrected chi connectivity index (χ4v) is 5.09. The summed E-state index contributed by atoms with van der Waals surface area (Å²) in [7, 11) is 4.51. The van der Waals surface area contributed by atoms with Gasteiger partial charge < -0.3 is 21.3 Å². The number of rotatable bonds is 10. The van der Waals surface area contributed by atoms with E-state index in [1.165, 1.54) is 36.8 Å². The molecular formula is C26H40N4. The van der Waals surface area contributed by atoms with Gasteiger partial charge in [0.05, 0.1) is 0 Å². The van der Waals surface area contributed by atoms with Crippen molar-refractivity contribution in [3.63, 3.8) is 0 Å². The molecule has 1 fully saturated rings. The first-order valence-corrected chi connectivity index (χ1v) is 11.5. The van der Waals surface area contributed by atoms with Crippen molar-refractivity contribution in [3.05, 3.63) is 71.8 Å². The molecular weight excluding hydrogens is 368 g/mol. The summed E-state index contributed by atoms with van der Waals surface area (Å²) in [6.07, 6.45) is 6.97. The summed E-state index contributed by atoms with van der Waals surface area (Å²) in [6, 6.07) is 22.6. The van der Waals surface area contributed by atoms with Crippen LogP contribution in [-0.2, 0) is 12.8 Å². The number of hydrogen-bond acceptors (Lipinski definition) is 4. The summed E-state index contributed by atoms with van der Waals surface area (Å²) >= 11 is 0. The Morgan fingerprint density at radius 3 is 1.43 bits per heavy atom. The van der Waals surface area contributed by atoms with Gasteiger partial charge in [-0.25, -0.2) is 0 Å². The lowest BCUT2D eigenvalue weighted by Crippen LogP contribution is -2.55. The monoisotopic (exact) mass is 408 g/mol. The zero-order valence-corrected chi connectivity index (χ0v) is 18.8. The Hall–Kier alpha value is -1.72. The first-order valence-electron chi connectivity index (χ1n) is 11.5. The van der Waals surface area contributed by atoms with Crippen molar-refractivity contribution in [2.24, 2.45) is 11.5 Å². The van der Waals surface area contributed by atoms with E-state index < -0.39 is 0 Å². The van der Waals surface area contributed by atoms with E-state index in [-0.39, 0.29) is 12.1 Å². The van der Waals surface area contributed by atoms with E-state index in [1.807, 2.05) is 0 Å². The van der Waals surface area contributed by atoms with Gasteiger partial charge in [0.2, 0.25) is 0 Å². The van der Waals surface area contributed by atoms with Gasteiger partial charge in [0.15, 0.2) is 0 Å². The van der Waals surface area contributed by atoms with E-state index in [0.717, 1.165) is 25.9 Å². The van der Waals surface area contributed by atoms with Crippen LogP contribution in [0, 0.1) is 0 Å². The molecule has 0 aromatic heterocycles. The second-order valence-corrected chi connectivity index (χ2v) is 9.20. The highest BCUT2D eigenvalue weighted by Crippen LogP contribution is 2.26. The lowest BCUT2D eigenvalue weighted by atomic mass is 9.87. The molecule has 3 rings (SSSR count). The summed E-state index contributed by atoms with van der Waals surface area (Å²) < 4.78 is 0. The zero-order valence-electron chi connectivity index (χ0n) is 18.8. The van der Waals surface area contributed by atoms with Gasteiger partial charge in [-0.15, -0.1) is 0 Å². The number of likely N-dealkylation sites (N-methyl/N-ethyl adjacent to an activating group) is 2. The highest BCUT2D eigenvalue weighted by atomic mass is 15.2. The largest absolute Gasteiger partial charge is 0.326 e. The Bertz CT molecular complexity index is 657. The molecule has 2 aromatic carbocycles. The maximum absolute atomic E-state index is 6.53. The van der Waals surface area contributed by atoms with Crippen molar-refractivity contribution in [1.29, 1.82) is 0 Å². The molecule has 4 atom stereocenters. The van der Waals surface area contributed by atoms with Gasteiger partial charge in [0.1, 0.15) is 0 Å².